The number of hydrogen-bond acceptors (Lipinski definition) is 5. The second kappa shape index (κ2) is 10.5. The van der Waals surface area contributed by atoms with Crippen LogP contribution >= 0.6 is 0 Å². The maximum atomic E-state index is 10.6. The van der Waals surface area contributed by atoms with Crippen LogP contribution in [0.15, 0.2) is 48.5 Å². The van der Waals surface area contributed by atoms with Gasteiger partial charge in [0.1, 0.15) is 23.0 Å². The molecule has 1 atom stereocenters. The van der Waals surface area contributed by atoms with Crippen molar-refractivity contribution in [3.8, 4) is 23.0 Å². The van der Waals surface area contributed by atoms with Crippen molar-refractivity contribution < 1.29 is 20.4 Å². The lowest BCUT2D eigenvalue weighted by Crippen LogP contribution is -2.17. The zero-order valence-corrected chi connectivity index (χ0v) is 23.6. The minimum Gasteiger partial charge on any atom is -0.507 e. The van der Waals surface area contributed by atoms with Crippen LogP contribution in [0, 0.1) is 53.9 Å². The number of rotatable bonds is 6. The Kier molecular flexibility index (Phi) is 7.47. The Morgan fingerprint density at radius 2 is 0.667 bits per heavy atom. The van der Waals surface area contributed by atoms with Crippen LogP contribution in [0.25, 0.3) is 0 Å². The number of phenols is 4. The summed E-state index contributed by atoms with van der Waals surface area (Å²) in [7, 11) is 0. The summed E-state index contributed by atoms with van der Waals surface area (Å²) in [6, 6.07) is 15.8. The zero-order valence-electron chi connectivity index (χ0n) is 23.6. The van der Waals surface area contributed by atoms with Gasteiger partial charge in [-0.05, 0) is 116 Å². The molecule has 0 heterocycles. The molecule has 0 bridgehead atoms. The molecule has 0 fully saturated rings. The van der Waals surface area contributed by atoms with E-state index in [1.54, 1.807) is 0 Å². The summed E-state index contributed by atoms with van der Waals surface area (Å²) in [6.45, 7) is 13.1. The highest BCUT2D eigenvalue weighted by molar-refractivity contribution is 5.82. The molecule has 0 saturated heterocycles. The SMILES string of the molecule is Cc1cc(C(c2cc(C)c(O)c(C)c2)C(c2cc(C)c(O)c(C)c2)c2cc(C)c(O)c(C=N)c2)cc(C)c1O. The third kappa shape index (κ3) is 5.09. The molecule has 4 aromatic rings. The molecule has 0 saturated carbocycles. The van der Waals surface area contributed by atoms with E-state index < -0.39 is 0 Å². The number of aromatic hydroxyl groups is 4. The fourth-order valence-electron chi connectivity index (χ4n) is 5.79. The van der Waals surface area contributed by atoms with Crippen LogP contribution < -0.4 is 0 Å². The number of hydrogen-bond donors (Lipinski definition) is 5. The molecule has 4 rings (SSSR count). The number of nitrogens with one attached hydrogen (secondary N) is 1. The highest BCUT2D eigenvalue weighted by Gasteiger charge is 2.31. The highest BCUT2D eigenvalue weighted by Crippen LogP contribution is 2.47. The van der Waals surface area contributed by atoms with Crippen molar-refractivity contribution in [2.45, 2.75) is 60.3 Å². The standard InChI is InChI=1S/C34H37NO4/c1-17-8-24(9-18(2)31(17)36)29(25-10-19(3)32(37)20(4)11-25)30(26-12-21(5)33(38)22(6)13-26)27-14-23(7)34(39)28(15-27)16-35/h8-16,29-30,35-39H,1-7H3. The fourth-order valence-corrected chi connectivity index (χ4v) is 5.79. The van der Waals surface area contributed by atoms with E-state index >= 15 is 0 Å². The van der Waals surface area contributed by atoms with Crippen molar-refractivity contribution in [1.82, 2.24) is 0 Å². The van der Waals surface area contributed by atoms with Crippen molar-refractivity contribution in [2.24, 2.45) is 0 Å². The van der Waals surface area contributed by atoms with Crippen molar-refractivity contribution >= 4 is 6.21 Å². The van der Waals surface area contributed by atoms with Gasteiger partial charge in [-0.2, -0.15) is 0 Å². The summed E-state index contributed by atoms with van der Waals surface area (Å²) in [6.07, 6.45) is 1.16. The first-order valence-electron chi connectivity index (χ1n) is 13.1. The summed E-state index contributed by atoms with van der Waals surface area (Å²) in [5.41, 5.74) is 9.52. The number of aryl methyl sites for hydroxylation is 7. The van der Waals surface area contributed by atoms with Gasteiger partial charge in [-0.1, -0.05) is 42.5 Å². The van der Waals surface area contributed by atoms with Gasteiger partial charge < -0.3 is 25.8 Å². The van der Waals surface area contributed by atoms with E-state index in [1.165, 1.54) is 0 Å². The lowest BCUT2D eigenvalue weighted by Gasteiger charge is -2.32. The Morgan fingerprint density at radius 1 is 0.436 bits per heavy atom. The van der Waals surface area contributed by atoms with Crippen LogP contribution in [-0.4, -0.2) is 26.6 Å². The number of benzene rings is 4. The predicted octanol–water partition coefficient (Wildman–Crippen LogP) is 7.63. The normalized spacial score (nSPS) is 12.1. The molecule has 0 aliphatic heterocycles. The fraction of sp³-hybridized carbons (Fsp3) is 0.265. The minimum absolute atomic E-state index is 0.0785. The van der Waals surface area contributed by atoms with Crippen LogP contribution in [-0.2, 0) is 0 Å². The average Bonchev–Trinajstić information content (AvgIpc) is 2.88. The van der Waals surface area contributed by atoms with Gasteiger partial charge in [0.15, 0.2) is 0 Å². The van der Waals surface area contributed by atoms with Crippen molar-refractivity contribution in [3.63, 3.8) is 0 Å². The first kappa shape index (κ1) is 27.8. The third-order valence-corrected chi connectivity index (χ3v) is 7.82. The van der Waals surface area contributed by atoms with Gasteiger partial charge in [0, 0.05) is 23.6 Å². The van der Waals surface area contributed by atoms with E-state index in [4.69, 9.17) is 5.41 Å². The molecule has 0 aliphatic rings. The maximum Gasteiger partial charge on any atom is 0.127 e. The average molecular weight is 524 g/mol. The van der Waals surface area contributed by atoms with Gasteiger partial charge in [-0.25, -0.2) is 0 Å². The Balaban J connectivity index is 2.16. The zero-order chi connectivity index (χ0) is 28.8. The molecule has 39 heavy (non-hydrogen) atoms. The molecule has 5 heteroatoms. The monoisotopic (exact) mass is 523 g/mol. The van der Waals surface area contributed by atoms with Gasteiger partial charge >= 0.3 is 0 Å². The van der Waals surface area contributed by atoms with Crippen molar-refractivity contribution in [3.05, 3.63) is 115 Å². The second-order valence-corrected chi connectivity index (χ2v) is 10.9. The molecule has 1 unspecified atom stereocenters. The lowest BCUT2D eigenvalue weighted by atomic mass is 9.71. The van der Waals surface area contributed by atoms with E-state index in [2.05, 4.69) is 0 Å². The van der Waals surface area contributed by atoms with E-state index in [0.717, 1.165) is 61.8 Å². The van der Waals surface area contributed by atoms with Crippen LogP contribution in [0.4, 0.5) is 0 Å². The molecular weight excluding hydrogens is 486 g/mol. The van der Waals surface area contributed by atoms with Gasteiger partial charge in [0.25, 0.3) is 0 Å². The van der Waals surface area contributed by atoms with Crippen molar-refractivity contribution in [1.29, 1.82) is 5.41 Å². The first-order valence-corrected chi connectivity index (χ1v) is 13.1. The van der Waals surface area contributed by atoms with Gasteiger partial charge in [0.05, 0.1) is 0 Å². The van der Waals surface area contributed by atoms with Crippen molar-refractivity contribution in [2.75, 3.05) is 0 Å². The van der Waals surface area contributed by atoms with Crippen LogP contribution in [0.1, 0.15) is 78.6 Å². The molecule has 5 N–H and O–H groups in total. The summed E-state index contributed by atoms with van der Waals surface area (Å²) >= 11 is 0. The molecule has 202 valence electrons. The predicted molar refractivity (Wildman–Crippen MR) is 157 cm³/mol. The Bertz CT molecular complexity index is 1480. The summed E-state index contributed by atoms with van der Waals surface area (Å²) in [5, 5.41) is 50.4. The quantitative estimate of drug-likeness (QED) is 0.168. The molecule has 0 radical (unpaired) electrons. The van der Waals surface area contributed by atoms with Crippen LogP contribution in [0.3, 0.4) is 0 Å². The highest BCUT2D eigenvalue weighted by atomic mass is 16.3. The molecule has 0 amide bonds. The topological polar surface area (TPSA) is 105 Å². The molecule has 5 nitrogen and oxygen atoms in total. The second-order valence-electron chi connectivity index (χ2n) is 10.9. The summed E-state index contributed by atoms with van der Waals surface area (Å²) in [5.74, 6) is 0.308. The van der Waals surface area contributed by atoms with Crippen LogP contribution in [0.5, 0.6) is 23.0 Å². The van der Waals surface area contributed by atoms with Gasteiger partial charge in [-0.15, -0.1) is 0 Å². The third-order valence-electron chi connectivity index (χ3n) is 7.82. The smallest absolute Gasteiger partial charge is 0.127 e. The molecule has 0 aromatic heterocycles. The van der Waals surface area contributed by atoms with Gasteiger partial charge in [0.2, 0.25) is 0 Å². The van der Waals surface area contributed by atoms with E-state index in [1.807, 2.05) is 97.0 Å². The Labute approximate surface area is 230 Å². The van der Waals surface area contributed by atoms with E-state index in [9.17, 15) is 20.4 Å². The van der Waals surface area contributed by atoms with Crippen LogP contribution in [0.2, 0.25) is 0 Å². The largest absolute Gasteiger partial charge is 0.507 e. The Morgan fingerprint density at radius 3 is 0.923 bits per heavy atom. The Hall–Kier alpha value is -4.25. The molecule has 0 spiro atoms. The molecule has 4 aromatic carbocycles. The van der Waals surface area contributed by atoms with Gasteiger partial charge in [-0.3, -0.25) is 0 Å². The summed E-state index contributed by atoms with van der Waals surface area (Å²) in [4.78, 5) is 0. The number of phenolic OH excluding ortho intramolecular Hbond substituents is 4. The maximum absolute atomic E-state index is 10.6. The lowest BCUT2D eigenvalue weighted by molar-refractivity contribution is 0.464. The molecular formula is C34H37NO4. The van der Waals surface area contributed by atoms with E-state index in [-0.39, 0.29) is 34.8 Å². The molecule has 0 aliphatic carbocycles. The first-order chi connectivity index (χ1) is 18.3. The minimum atomic E-state index is -0.285. The van der Waals surface area contributed by atoms with E-state index in [0.29, 0.717) is 11.1 Å². The summed E-state index contributed by atoms with van der Waals surface area (Å²) < 4.78 is 0.